The van der Waals surface area contributed by atoms with Crippen LogP contribution in [0.15, 0.2) is 79.0 Å². The second-order valence-corrected chi connectivity index (χ2v) is 8.68. The summed E-state index contributed by atoms with van der Waals surface area (Å²) >= 11 is 0. The number of nitrogens with one attached hydrogen (secondary N) is 4. The first-order valence-electron chi connectivity index (χ1n) is 11.6. The number of hydrogen-bond donors (Lipinski definition) is 4. The van der Waals surface area contributed by atoms with E-state index in [0.29, 0.717) is 17.0 Å². The number of aromatic amines is 2. The normalized spacial score (nSPS) is 11.2. The first-order valence-corrected chi connectivity index (χ1v) is 11.6. The van der Waals surface area contributed by atoms with E-state index in [0.717, 1.165) is 39.3 Å². The topological polar surface area (TPSA) is 111 Å². The maximum atomic E-state index is 12.5. The second-order valence-electron chi connectivity index (χ2n) is 8.68. The third-order valence-corrected chi connectivity index (χ3v) is 6.27. The van der Waals surface area contributed by atoms with Gasteiger partial charge in [0, 0.05) is 28.7 Å². The summed E-state index contributed by atoms with van der Waals surface area (Å²) in [5.74, 6) is 1.53. The van der Waals surface area contributed by atoms with Crippen LogP contribution >= 0.6 is 0 Å². The molecule has 0 aliphatic carbocycles. The minimum absolute atomic E-state index is 0.321. The maximum absolute atomic E-state index is 12.5. The molecule has 0 spiro atoms. The summed E-state index contributed by atoms with van der Waals surface area (Å²) < 4.78 is 0. The lowest BCUT2D eigenvalue weighted by molar-refractivity contribution is 0.262. The Morgan fingerprint density at radius 1 is 0.722 bits per heavy atom. The number of rotatable bonds is 4. The highest BCUT2D eigenvalue weighted by molar-refractivity contribution is 6.00. The Bertz CT molecular complexity index is 1680. The molecule has 0 fully saturated rings. The largest absolute Gasteiger partial charge is 0.338 e. The lowest BCUT2D eigenvalue weighted by Crippen LogP contribution is -2.19. The number of nitrogens with zero attached hydrogens (tertiary/aromatic N) is 3. The minimum Gasteiger partial charge on any atom is -0.338 e. The summed E-state index contributed by atoms with van der Waals surface area (Å²) in [4.78, 5) is 32.7. The molecule has 3 aromatic heterocycles. The molecule has 3 heterocycles. The van der Waals surface area contributed by atoms with E-state index in [1.54, 1.807) is 6.20 Å². The number of carbonyl (C=O) groups excluding carboxylic acids is 1. The number of urea groups is 1. The molecule has 8 heteroatoms. The number of carbonyl (C=O) groups is 1. The summed E-state index contributed by atoms with van der Waals surface area (Å²) in [6.07, 6.45) is 1.71. The molecule has 0 saturated heterocycles. The first kappa shape index (κ1) is 21.5. The minimum atomic E-state index is -0.321. The zero-order chi connectivity index (χ0) is 24.6. The van der Waals surface area contributed by atoms with Gasteiger partial charge in [-0.05, 0) is 91.7 Å². The molecule has 176 valence electrons. The maximum Gasteiger partial charge on any atom is 0.323 e. The van der Waals surface area contributed by atoms with E-state index in [4.69, 9.17) is 4.98 Å². The number of anilines is 2. The van der Waals surface area contributed by atoms with Crippen LogP contribution in [0.2, 0.25) is 0 Å². The molecule has 4 N–H and O–H groups in total. The SMILES string of the molecule is Cc1ccc2[nH]c(-c3ccc(NC(=O)Nc4ccc(-c5nc6ncccc6[nH]5)cc4)cc3)nc2c1C. The van der Waals surface area contributed by atoms with Gasteiger partial charge in [-0.1, -0.05) is 6.07 Å². The molecule has 0 unspecified atom stereocenters. The molecule has 6 aromatic rings. The zero-order valence-corrected chi connectivity index (χ0v) is 19.8. The average molecular weight is 474 g/mol. The van der Waals surface area contributed by atoms with Crippen molar-refractivity contribution in [3.8, 4) is 22.8 Å². The van der Waals surface area contributed by atoms with Crippen LogP contribution in [0.5, 0.6) is 0 Å². The van der Waals surface area contributed by atoms with Gasteiger partial charge >= 0.3 is 6.03 Å². The Hall–Kier alpha value is -4.98. The molecule has 0 radical (unpaired) electrons. The molecular formula is C28H23N7O. The van der Waals surface area contributed by atoms with Crippen molar-refractivity contribution >= 4 is 39.6 Å². The van der Waals surface area contributed by atoms with E-state index in [9.17, 15) is 4.79 Å². The van der Waals surface area contributed by atoms with Crippen molar-refractivity contribution in [3.63, 3.8) is 0 Å². The molecule has 2 amide bonds. The van der Waals surface area contributed by atoms with E-state index in [1.807, 2.05) is 60.7 Å². The van der Waals surface area contributed by atoms with Gasteiger partial charge in [0.05, 0.1) is 16.6 Å². The van der Waals surface area contributed by atoms with Crippen LogP contribution in [0.3, 0.4) is 0 Å². The standard InChI is InChI=1S/C28H23N7O/c1-16-5-14-22-24(17(16)2)34-25(32-22)18-6-10-20(11-7-18)30-28(36)31-21-12-8-19(9-13-21)26-33-23-4-3-15-29-27(23)35-26/h3-15H,1-2H3,(H,32,34)(H,29,33,35)(H2,30,31,36). The van der Waals surface area contributed by atoms with Gasteiger partial charge in [0.1, 0.15) is 11.6 Å². The summed E-state index contributed by atoms with van der Waals surface area (Å²) in [6, 6.07) is 22.7. The molecule has 0 saturated carbocycles. The molecule has 0 atom stereocenters. The van der Waals surface area contributed by atoms with Gasteiger partial charge in [-0.3, -0.25) is 0 Å². The molecule has 8 nitrogen and oxygen atoms in total. The molecule has 0 bridgehead atoms. The highest BCUT2D eigenvalue weighted by atomic mass is 16.2. The van der Waals surface area contributed by atoms with E-state index >= 15 is 0 Å². The number of fused-ring (bicyclic) bond motifs is 2. The lowest BCUT2D eigenvalue weighted by Gasteiger charge is -2.08. The van der Waals surface area contributed by atoms with Crippen LogP contribution in [0.4, 0.5) is 16.2 Å². The van der Waals surface area contributed by atoms with Crippen molar-refractivity contribution in [2.75, 3.05) is 10.6 Å². The van der Waals surface area contributed by atoms with Crippen LogP contribution in [0, 0.1) is 13.8 Å². The molecule has 0 aliphatic rings. The van der Waals surface area contributed by atoms with Gasteiger partial charge < -0.3 is 20.6 Å². The third-order valence-electron chi connectivity index (χ3n) is 6.27. The summed E-state index contributed by atoms with van der Waals surface area (Å²) in [7, 11) is 0. The zero-order valence-electron chi connectivity index (χ0n) is 19.8. The Balaban J connectivity index is 1.12. The molecule has 36 heavy (non-hydrogen) atoms. The summed E-state index contributed by atoms with van der Waals surface area (Å²) in [5, 5.41) is 5.73. The number of imidazole rings is 2. The second kappa shape index (κ2) is 8.66. The van der Waals surface area contributed by atoms with Crippen molar-refractivity contribution < 1.29 is 4.79 Å². The van der Waals surface area contributed by atoms with Gasteiger partial charge in [-0.15, -0.1) is 0 Å². The highest BCUT2D eigenvalue weighted by Gasteiger charge is 2.10. The van der Waals surface area contributed by atoms with Gasteiger partial charge in [-0.25, -0.2) is 19.7 Å². The van der Waals surface area contributed by atoms with Gasteiger partial charge in [-0.2, -0.15) is 0 Å². The van der Waals surface area contributed by atoms with Crippen molar-refractivity contribution in [3.05, 3.63) is 90.1 Å². The lowest BCUT2D eigenvalue weighted by atomic mass is 10.1. The van der Waals surface area contributed by atoms with Crippen molar-refractivity contribution in [1.82, 2.24) is 24.9 Å². The predicted octanol–water partition coefficient (Wildman–Crippen LogP) is 6.43. The summed E-state index contributed by atoms with van der Waals surface area (Å²) in [5.41, 5.74) is 9.15. The number of pyridine rings is 1. The van der Waals surface area contributed by atoms with Crippen LogP contribution in [0.25, 0.3) is 45.0 Å². The van der Waals surface area contributed by atoms with Crippen molar-refractivity contribution in [2.45, 2.75) is 13.8 Å². The monoisotopic (exact) mass is 473 g/mol. The Labute approximate surface area is 206 Å². The molecular weight excluding hydrogens is 450 g/mol. The number of aromatic nitrogens is 5. The summed E-state index contributed by atoms with van der Waals surface area (Å²) in [6.45, 7) is 4.17. The van der Waals surface area contributed by atoms with Crippen molar-refractivity contribution in [1.29, 1.82) is 0 Å². The van der Waals surface area contributed by atoms with Crippen LogP contribution in [-0.2, 0) is 0 Å². The number of H-pyrrole nitrogens is 2. The Kier molecular flexibility index (Phi) is 5.19. The van der Waals surface area contributed by atoms with E-state index in [2.05, 4.69) is 56.5 Å². The van der Waals surface area contributed by atoms with Gasteiger partial charge in [0.25, 0.3) is 0 Å². The van der Waals surface area contributed by atoms with E-state index < -0.39 is 0 Å². The Morgan fingerprint density at radius 2 is 1.33 bits per heavy atom. The van der Waals surface area contributed by atoms with E-state index in [1.165, 1.54) is 11.1 Å². The van der Waals surface area contributed by atoms with Crippen molar-refractivity contribution in [2.24, 2.45) is 0 Å². The highest BCUT2D eigenvalue weighted by Crippen LogP contribution is 2.26. The number of aryl methyl sites for hydroxylation is 2. The fraction of sp³-hybridized carbons (Fsp3) is 0.0714. The third kappa shape index (κ3) is 4.05. The fourth-order valence-electron chi connectivity index (χ4n) is 4.15. The fourth-order valence-corrected chi connectivity index (χ4v) is 4.15. The van der Waals surface area contributed by atoms with E-state index in [-0.39, 0.29) is 6.03 Å². The molecule has 0 aliphatic heterocycles. The van der Waals surface area contributed by atoms with Gasteiger partial charge in [0.2, 0.25) is 0 Å². The van der Waals surface area contributed by atoms with Gasteiger partial charge in [0.15, 0.2) is 5.65 Å². The molecule has 3 aromatic carbocycles. The number of amides is 2. The first-order chi connectivity index (χ1) is 17.5. The van der Waals surface area contributed by atoms with Crippen LogP contribution in [-0.4, -0.2) is 31.0 Å². The van der Waals surface area contributed by atoms with Crippen LogP contribution in [0.1, 0.15) is 11.1 Å². The Morgan fingerprint density at radius 3 is 1.97 bits per heavy atom. The molecule has 6 rings (SSSR count). The quantitative estimate of drug-likeness (QED) is 0.236. The smallest absolute Gasteiger partial charge is 0.323 e. The number of benzene rings is 3. The predicted molar refractivity (Wildman–Crippen MR) is 143 cm³/mol. The average Bonchev–Trinajstić information content (AvgIpc) is 3.52. The van der Waals surface area contributed by atoms with Crippen LogP contribution < -0.4 is 10.6 Å². The number of hydrogen-bond acceptors (Lipinski definition) is 4.